The van der Waals surface area contributed by atoms with Gasteiger partial charge in [0.15, 0.2) is 0 Å². The molecule has 2 fully saturated rings. The van der Waals surface area contributed by atoms with E-state index in [4.69, 9.17) is 0 Å². The fraction of sp³-hybridized carbons (Fsp3) is 0.500. The molecule has 3 aliphatic rings. The minimum absolute atomic E-state index is 0.0126. The molecule has 176 valence electrons. The Hall–Kier alpha value is -2.22. The molecule has 0 saturated carbocycles. The molecule has 2 aromatic carbocycles. The Morgan fingerprint density at radius 3 is 2.48 bits per heavy atom. The Morgan fingerprint density at radius 1 is 0.909 bits per heavy atom. The van der Waals surface area contributed by atoms with Gasteiger partial charge in [-0.25, -0.2) is 8.42 Å². The third-order valence-electron chi connectivity index (χ3n) is 7.24. The summed E-state index contributed by atoms with van der Waals surface area (Å²) >= 11 is 0. The van der Waals surface area contributed by atoms with Crippen molar-refractivity contribution in [3.8, 4) is 0 Å². The standard InChI is InChI=1S/C26H33N3O3S/c30-26(23-11-6-14-27(20-23)19-21-8-2-1-3-9-21)29-17-7-10-22-18-24(12-13-25(22)29)33(31,32)28-15-4-5-16-28/h1-3,8-9,12-13,18,23H,4-7,10-11,14-17,19-20H2. The van der Waals surface area contributed by atoms with Crippen LogP contribution in [0.5, 0.6) is 0 Å². The lowest BCUT2D eigenvalue weighted by Gasteiger charge is -2.37. The molecule has 2 aromatic rings. The maximum Gasteiger partial charge on any atom is 0.243 e. The van der Waals surface area contributed by atoms with Crippen molar-refractivity contribution < 1.29 is 13.2 Å². The van der Waals surface area contributed by atoms with Gasteiger partial charge in [-0.05, 0) is 74.4 Å². The summed E-state index contributed by atoms with van der Waals surface area (Å²) in [5, 5.41) is 0. The van der Waals surface area contributed by atoms with E-state index >= 15 is 0 Å². The Kier molecular flexibility index (Phi) is 6.54. The molecule has 0 N–H and O–H groups in total. The minimum Gasteiger partial charge on any atom is -0.312 e. The first kappa shape index (κ1) is 22.6. The van der Waals surface area contributed by atoms with E-state index in [1.165, 1.54) is 5.56 Å². The van der Waals surface area contributed by atoms with Crippen LogP contribution in [0.1, 0.15) is 43.2 Å². The van der Waals surface area contributed by atoms with Gasteiger partial charge in [-0.1, -0.05) is 30.3 Å². The van der Waals surface area contributed by atoms with Gasteiger partial charge >= 0.3 is 0 Å². The second-order valence-corrected chi connectivity index (χ2v) is 11.5. The van der Waals surface area contributed by atoms with Crippen molar-refractivity contribution >= 4 is 21.6 Å². The number of hydrogen-bond acceptors (Lipinski definition) is 4. The zero-order valence-corrected chi connectivity index (χ0v) is 20.0. The summed E-state index contributed by atoms with van der Waals surface area (Å²) in [6.45, 7) is 4.59. The van der Waals surface area contributed by atoms with E-state index in [1.54, 1.807) is 10.4 Å². The van der Waals surface area contributed by atoms with E-state index in [0.717, 1.165) is 69.4 Å². The average molecular weight is 468 g/mol. The topological polar surface area (TPSA) is 60.9 Å². The lowest BCUT2D eigenvalue weighted by atomic mass is 9.93. The number of aryl methyl sites for hydroxylation is 1. The smallest absolute Gasteiger partial charge is 0.243 e. The van der Waals surface area contributed by atoms with Gasteiger partial charge in [0, 0.05) is 38.4 Å². The molecule has 6 nitrogen and oxygen atoms in total. The molecule has 5 rings (SSSR count). The lowest BCUT2D eigenvalue weighted by Crippen LogP contribution is -2.46. The monoisotopic (exact) mass is 467 g/mol. The molecule has 0 aromatic heterocycles. The van der Waals surface area contributed by atoms with E-state index in [0.29, 0.717) is 24.5 Å². The Balaban J connectivity index is 1.32. The number of nitrogens with zero attached hydrogens (tertiary/aromatic N) is 3. The fourth-order valence-electron chi connectivity index (χ4n) is 5.50. The molecule has 0 spiro atoms. The molecular formula is C26H33N3O3S. The molecule has 0 bridgehead atoms. The van der Waals surface area contributed by atoms with E-state index in [2.05, 4.69) is 29.2 Å². The lowest BCUT2D eigenvalue weighted by molar-refractivity contribution is -0.124. The molecule has 1 unspecified atom stereocenters. The molecule has 0 aliphatic carbocycles. The Morgan fingerprint density at radius 2 is 1.70 bits per heavy atom. The maximum absolute atomic E-state index is 13.6. The maximum atomic E-state index is 13.6. The number of carbonyl (C=O) groups is 1. The molecule has 1 amide bonds. The summed E-state index contributed by atoms with van der Waals surface area (Å²) in [6, 6.07) is 15.8. The van der Waals surface area contributed by atoms with Crippen molar-refractivity contribution in [1.82, 2.24) is 9.21 Å². The van der Waals surface area contributed by atoms with Crippen LogP contribution in [0.15, 0.2) is 53.4 Å². The van der Waals surface area contributed by atoms with Crippen molar-refractivity contribution in [2.45, 2.75) is 50.0 Å². The van der Waals surface area contributed by atoms with Crippen LogP contribution in [0.2, 0.25) is 0 Å². The number of sulfonamides is 1. The van der Waals surface area contributed by atoms with E-state index < -0.39 is 10.0 Å². The number of likely N-dealkylation sites (tertiary alicyclic amines) is 1. The van der Waals surface area contributed by atoms with Gasteiger partial charge in [0.2, 0.25) is 15.9 Å². The number of fused-ring (bicyclic) bond motifs is 1. The first-order valence-corrected chi connectivity index (χ1v) is 13.7. The normalized spacial score (nSPS) is 22.3. The second-order valence-electron chi connectivity index (χ2n) is 9.56. The van der Waals surface area contributed by atoms with Crippen molar-refractivity contribution in [3.63, 3.8) is 0 Å². The van der Waals surface area contributed by atoms with Crippen molar-refractivity contribution in [2.75, 3.05) is 37.6 Å². The SMILES string of the molecule is O=C(C1CCCN(Cc2ccccc2)C1)N1CCCc2cc(S(=O)(=O)N3CCCC3)ccc21. The van der Waals surface area contributed by atoms with Crippen LogP contribution in [0.25, 0.3) is 0 Å². The van der Waals surface area contributed by atoms with Crippen LogP contribution in [0.3, 0.4) is 0 Å². The number of hydrogen-bond donors (Lipinski definition) is 0. The molecule has 1 atom stereocenters. The number of rotatable bonds is 5. The average Bonchev–Trinajstić information content (AvgIpc) is 3.40. The number of amides is 1. The first-order chi connectivity index (χ1) is 16.0. The highest BCUT2D eigenvalue weighted by atomic mass is 32.2. The second kappa shape index (κ2) is 9.57. The molecule has 33 heavy (non-hydrogen) atoms. The Bertz CT molecular complexity index is 1100. The van der Waals surface area contributed by atoms with Gasteiger partial charge in [0.05, 0.1) is 10.8 Å². The highest BCUT2D eigenvalue weighted by Crippen LogP contribution is 2.33. The number of piperidine rings is 1. The summed E-state index contributed by atoms with van der Waals surface area (Å²) in [7, 11) is -3.44. The molecule has 7 heteroatoms. The predicted octanol–water partition coefficient (Wildman–Crippen LogP) is 3.66. The summed E-state index contributed by atoms with van der Waals surface area (Å²) < 4.78 is 27.6. The third kappa shape index (κ3) is 4.72. The summed E-state index contributed by atoms with van der Waals surface area (Å²) in [5.41, 5.74) is 3.15. The highest BCUT2D eigenvalue weighted by Gasteiger charge is 2.33. The zero-order chi connectivity index (χ0) is 22.8. The summed E-state index contributed by atoms with van der Waals surface area (Å²) in [6.07, 6.45) is 5.47. The van der Waals surface area contributed by atoms with Gasteiger partial charge < -0.3 is 4.90 Å². The van der Waals surface area contributed by atoms with Crippen LogP contribution in [0, 0.1) is 5.92 Å². The Labute approximate surface area is 197 Å². The predicted molar refractivity (Wildman–Crippen MR) is 130 cm³/mol. The van der Waals surface area contributed by atoms with Crippen LogP contribution in [-0.2, 0) is 27.8 Å². The van der Waals surface area contributed by atoms with Crippen LogP contribution >= 0.6 is 0 Å². The molecule has 3 heterocycles. The molecule has 3 aliphatic heterocycles. The fourth-order valence-corrected chi connectivity index (χ4v) is 7.07. The van der Waals surface area contributed by atoms with E-state index in [-0.39, 0.29) is 11.8 Å². The third-order valence-corrected chi connectivity index (χ3v) is 9.14. The number of benzene rings is 2. The minimum atomic E-state index is -3.44. The van der Waals surface area contributed by atoms with Gasteiger partial charge in [-0.15, -0.1) is 0 Å². The van der Waals surface area contributed by atoms with E-state index in [1.807, 2.05) is 23.1 Å². The van der Waals surface area contributed by atoms with Gasteiger partial charge in [-0.3, -0.25) is 9.69 Å². The molecule has 2 saturated heterocycles. The highest BCUT2D eigenvalue weighted by molar-refractivity contribution is 7.89. The van der Waals surface area contributed by atoms with Crippen LogP contribution in [0.4, 0.5) is 5.69 Å². The number of carbonyl (C=O) groups excluding carboxylic acids is 1. The van der Waals surface area contributed by atoms with Crippen LogP contribution in [-0.4, -0.2) is 56.3 Å². The number of anilines is 1. The first-order valence-electron chi connectivity index (χ1n) is 12.2. The van der Waals surface area contributed by atoms with Crippen molar-refractivity contribution in [3.05, 3.63) is 59.7 Å². The largest absolute Gasteiger partial charge is 0.312 e. The van der Waals surface area contributed by atoms with Crippen LogP contribution < -0.4 is 4.90 Å². The van der Waals surface area contributed by atoms with Crippen molar-refractivity contribution in [2.24, 2.45) is 5.92 Å². The van der Waals surface area contributed by atoms with Crippen molar-refractivity contribution in [1.29, 1.82) is 0 Å². The summed E-state index contributed by atoms with van der Waals surface area (Å²) in [4.78, 5) is 18.2. The zero-order valence-electron chi connectivity index (χ0n) is 19.2. The molecular weight excluding hydrogens is 434 g/mol. The quantitative estimate of drug-likeness (QED) is 0.673. The van der Waals surface area contributed by atoms with E-state index in [9.17, 15) is 13.2 Å². The summed E-state index contributed by atoms with van der Waals surface area (Å²) in [5.74, 6) is 0.172. The van der Waals surface area contributed by atoms with Gasteiger partial charge in [0.1, 0.15) is 0 Å². The van der Waals surface area contributed by atoms with Gasteiger partial charge in [-0.2, -0.15) is 4.31 Å². The molecule has 0 radical (unpaired) electrons. The van der Waals surface area contributed by atoms with Gasteiger partial charge in [0.25, 0.3) is 0 Å².